The van der Waals surface area contributed by atoms with E-state index in [0.29, 0.717) is 22.3 Å². The second-order valence-electron chi connectivity index (χ2n) is 5.30. The normalized spacial score (nSPS) is 12.3. The first-order valence-corrected chi connectivity index (χ1v) is 7.51. The van der Waals surface area contributed by atoms with Crippen LogP contribution in [-0.4, -0.2) is 32.2 Å². The molecule has 0 saturated heterocycles. The Balaban J connectivity index is 1.83. The van der Waals surface area contributed by atoms with Crippen LogP contribution in [0.5, 0.6) is 0 Å². The van der Waals surface area contributed by atoms with Gasteiger partial charge >= 0.3 is 0 Å². The van der Waals surface area contributed by atoms with Crippen molar-refractivity contribution in [1.82, 2.24) is 19.9 Å². The van der Waals surface area contributed by atoms with E-state index in [0.717, 1.165) is 0 Å². The summed E-state index contributed by atoms with van der Waals surface area (Å²) in [5.41, 5.74) is 1.96. The zero-order valence-corrected chi connectivity index (χ0v) is 13.5. The predicted octanol–water partition coefficient (Wildman–Crippen LogP) is 2.22. The maximum atomic E-state index is 13.6. The smallest absolute Gasteiger partial charge is 0.253 e. The maximum Gasteiger partial charge on any atom is 0.253 e. The van der Waals surface area contributed by atoms with Crippen LogP contribution < -0.4 is 5.32 Å². The van der Waals surface area contributed by atoms with Gasteiger partial charge in [0.25, 0.3) is 5.91 Å². The molecule has 1 aromatic carbocycles. The van der Waals surface area contributed by atoms with E-state index in [-0.39, 0.29) is 11.6 Å². The highest BCUT2D eigenvalue weighted by Gasteiger charge is 2.17. The largest absolute Gasteiger partial charge is 0.394 e. The second kappa shape index (κ2) is 6.54. The number of benzene rings is 1. The highest BCUT2D eigenvalue weighted by molar-refractivity contribution is 6.30. The lowest BCUT2D eigenvalue weighted by Gasteiger charge is -2.17. The van der Waals surface area contributed by atoms with Gasteiger partial charge in [-0.15, -0.1) is 0 Å². The van der Waals surface area contributed by atoms with Crippen LogP contribution in [0.2, 0.25) is 5.02 Å². The van der Waals surface area contributed by atoms with Gasteiger partial charge in [-0.3, -0.25) is 4.79 Å². The molecule has 2 N–H and O–H groups in total. The van der Waals surface area contributed by atoms with Crippen molar-refractivity contribution in [1.29, 1.82) is 0 Å². The van der Waals surface area contributed by atoms with E-state index in [2.05, 4.69) is 15.3 Å². The van der Waals surface area contributed by atoms with Crippen molar-refractivity contribution in [3.63, 3.8) is 0 Å². The molecule has 124 valence electrons. The van der Waals surface area contributed by atoms with Gasteiger partial charge in [-0.05, 0) is 23.8 Å². The molecule has 1 atom stereocenters. The van der Waals surface area contributed by atoms with Gasteiger partial charge in [0, 0.05) is 13.2 Å². The van der Waals surface area contributed by atoms with Crippen LogP contribution in [0.4, 0.5) is 4.39 Å². The van der Waals surface area contributed by atoms with E-state index < -0.39 is 17.8 Å². The van der Waals surface area contributed by atoms with Crippen LogP contribution in [-0.2, 0) is 7.05 Å². The number of carbonyl (C=O) groups is 1. The minimum Gasteiger partial charge on any atom is -0.394 e. The zero-order chi connectivity index (χ0) is 17.3. The molecule has 1 unspecified atom stereocenters. The summed E-state index contributed by atoms with van der Waals surface area (Å²) in [4.78, 5) is 20.7. The van der Waals surface area contributed by atoms with Gasteiger partial charge in [0.15, 0.2) is 5.65 Å². The van der Waals surface area contributed by atoms with Crippen molar-refractivity contribution in [2.24, 2.45) is 7.05 Å². The molecule has 24 heavy (non-hydrogen) atoms. The van der Waals surface area contributed by atoms with Crippen LogP contribution in [0.15, 0.2) is 36.8 Å². The number of hydrogen-bond donors (Lipinski definition) is 2. The number of imidazole rings is 1. The third-order valence-corrected chi connectivity index (χ3v) is 3.95. The minimum absolute atomic E-state index is 0.0217. The van der Waals surface area contributed by atoms with E-state index >= 15 is 0 Å². The lowest BCUT2D eigenvalue weighted by atomic mass is 10.1. The number of aromatic nitrogens is 3. The summed E-state index contributed by atoms with van der Waals surface area (Å²) in [7, 11) is 1.80. The standard InChI is InChI=1S/C16H14ClFN4O2/c1-22-8-20-13-5-10(6-19-15(13)22)16(24)21-14(7-23)9-2-3-11(17)12(18)4-9/h2-6,8,14,23H,7H2,1H3,(H,21,24). The van der Waals surface area contributed by atoms with Crippen LogP contribution in [0.25, 0.3) is 11.2 Å². The molecule has 0 aliphatic carbocycles. The Kier molecular flexibility index (Phi) is 4.46. The molecule has 0 saturated carbocycles. The first-order valence-electron chi connectivity index (χ1n) is 7.13. The highest BCUT2D eigenvalue weighted by atomic mass is 35.5. The maximum absolute atomic E-state index is 13.6. The molecule has 0 spiro atoms. The molecule has 3 rings (SSSR count). The average molecular weight is 349 g/mol. The molecule has 0 radical (unpaired) electrons. The predicted molar refractivity (Wildman–Crippen MR) is 87.2 cm³/mol. The second-order valence-corrected chi connectivity index (χ2v) is 5.71. The third kappa shape index (κ3) is 3.08. The van der Waals surface area contributed by atoms with Crippen molar-refractivity contribution < 1.29 is 14.3 Å². The van der Waals surface area contributed by atoms with E-state index in [1.165, 1.54) is 18.3 Å². The quantitative estimate of drug-likeness (QED) is 0.757. The van der Waals surface area contributed by atoms with Gasteiger partial charge in [-0.25, -0.2) is 14.4 Å². The molecule has 0 aliphatic heterocycles. The molecule has 3 aromatic rings. The Bertz CT molecular complexity index is 912. The molecular weight excluding hydrogens is 335 g/mol. The molecule has 0 fully saturated rings. The first kappa shape index (κ1) is 16.4. The molecule has 0 bridgehead atoms. The Morgan fingerprint density at radius 1 is 1.42 bits per heavy atom. The summed E-state index contributed by atoms with van der Waals surface area (Å²) >= 11 is 5.65. The fourth-order valence-corrected chi connectivity index (χ4v) is 2.46. The van der Waals surface area contributed by atoms with Gasteiger partial charge in [0.2, 0.25) is 0 Å². The van der Waals surface area contributed by atoms with E-state index in [1.54, 1.807) is 30.1 Å². The van der Waals surface area contributed by atoms with Crippen LogP contribution in [0.1, 0.15) is 22.0 Å². The monoisotopic (exact) mass is 348 g/mol. The van der Waals surface area contributed by atoms with Crippen molar-refractivity contribution in [2.75, 3.05) is 6.61 Å². The molecule has 1 amide bonds. The number of nitrogens with zero attached hydrogens (tertiary/aromatic N) is 3. The van der Waals surface area contributed by atoms with Gasteiger partial charge in [0.1, 0.15) is 11.3 Å². The molecule has 2 heterocycles. The van der Waals surface area contributed by atoms with Crippen molar-refractivity contribution in [3.05, 3.63) is 58.8 Å². The Morgan fingerprint density at radius 3 is 2.92 bits per heavy atom. The number of pyridine rings is 1. The summed E-state index contributed by atoms with van der Waals surface area (Å²) in [6, 6.07) is 4.96. The lowest BCUT2D eigenvalue weighted by Crippen LogP contribution is -2.31. The molecule has 8 heteroatoms. The SMILES string of the molecule is Cn1cnc2cc(C(=O)NC(CO)c3ccc(Cl)c(F)c3)cnc21. The number of hydrogen-bond acceptors (Lipinski definition) is 4. The summed E-state index contributed by atoms with van der Waals surface area (Å²) in [6.07, 6.45) is 3.03. The van der Waals surface area contributed by atoms with Crippen molar-refractivity contribution in [3.8, 4) is 0 Å². The van der Waals surface area contributed by atoms with Gasteiger partial charge in [0.05, 0.1) is 29.6 Å². The van der Waals surface area contributed by atoms with Gasteiger partial charge in [-0.1, -0.05) is 17.7 Å². The number of aryl methyl sites for hydroxylation is 1. The van der Waals surface area contributed by atoms with Gasteiger partial charge < -0.3 is 15.0 Å². The van der Waals surface area contributed by atoms with Crippen molar-refractivity contribution >= 4 is 28.7 Å². The van der Waals surface area contributed by atoms with Crippen molar-refractivity contribution in [2.45, 2.75) is 6.04 Å². The number of halogens is 2. The summed E-state index contributed by atoms with van der Waals surface area (Å²) in [5, 5.41) is 12.1. The van der Waals surface area contributed by atoms with E-state index in [1.807, 2.05) is 0 Å². The average Bonchev–Trinajstić information content (AvgIpc) is 2.95. The van der Waals surface area contributed by atoms with Crippen LogP contribution >= 0.6 is 11.6 Å². The van der Waals surface area contributed by atoms with Crippen LogP contribution in [0, 0.1) is 5.82 Å². The lowest BCUT2D eigenvalue weighted by molar-refractivity contribution is 0.0916. The van der Waals surface area contributed by atoms with Gasteiger partial charge in [-0.2, -0.15) is 0 Å². The fraction of sp³-hybridized carbons (Fsp3) is 0.188. The van der Waals surface area contributed by atoms with Crippen LogP contribution in [0.3, 0.4) is 0 Å². The fourth-order valence-electron chi connectivity index (χ4n) is 2.35. The topological polar surface area (TPSA) is 80.0 Å². The zero-order valence-electron chi connectivity index (χ0n) is 12.7. The minimum atomic E-state index is -0.760. The number of carbonyl (C=O) groups excluding carboxylic acids is 1. The summed E-state index contributed by atoms with van der Waals surface area (Å²) in [6.45, 7) is -0.383. The molecule has 6 nitrogen and oxygen atoms in total. The number of nitrogens with one attached hydrogen (secondary N) is 1. The number of aliphatic hydroxyl groups excluding tert-OH is 1. The number of fused-ring (bicyclic) bond motifs is 1. The Morgan fingerprint density at radius 2 is 2.21 bits per heavy atom. The Labute approximate surface area is 141 Å². The summed E-state index contributed by atoms with van der Waals surface area (Å²) < 4.78 is 15.3. The number of amides is 1. The number of rotatable bonds is 4. The molecular formula is C16H14ClFN4O2. The summed E-state index contributed by atoms with van der Waals surface area (Å²) in [5.74, 6) is -1.05. The first-order chi connectivity index (χ1) is 11.5. The Hall–Kier alpha value is -2.51. The third-order valence-electron chi connectivity index (χ3n) is 3.65. The molecule has 2 aromatic heterocycles. The van der Waals surface area contributed by atoms with E-state index in [4.69, 9.17) is 11.6 Å². The number of aliphatic hydroxyl groups is 1. The molecule has 0 aliphatic rings. The highest BCUT2D eigenvalue weighted by Crippen LogP contribution is 2.21. The van der Waals surface area contributed by atoms with E-state index in [9.17, 15) is 14.3 Å².